The summed E-state index contributed by atoms with van der Waals surface area (Å²) in [5, 5.41) is 5.99. The van der Waals surface area contributed by atoms with Crippen molar-refractivity contribution in [3.05, 3.63) is 107 Å². The zero-order chi connectivity index (χ0) is 26.5. The van der Waals surface area contributed by atoms with Gasteiger partial charge in [0.15, 0.2) is 0 Å². The second-order valence-corrected chi connectivity index (χ2v) is 10.4. The molecule has 5 rings (SSSR count). The molecule has 1 saturated heterocycles. The van der Waals surface area contributed by atoms with E-state index in [1.165, 1.54) is 0 Å². The molecule has 0 saturated carbocycles. The van der Waals surface area contributed by atoms with E-state index in [0.29, 0.717) is 31.0 Å². The predicted octanol–water partition coefficient (Wildman–Crippen LogP) is 5.73. The number of nitrogens with zero attached hydrogens (tertiary/aromatic N) is 1. The molecule has 0 bridgehead atoms. The maximum Gasteiger partial charge on any atom is 0.246 e. The van der Waals surface area contributed by atoms with Crippen molar-refractivity contribution in [2.24, 2.45) is 5.73 Å². The molecule has 0 unspecified atom stereocenters. The number of halogens is 1. The van der Waals surface area contributed by atoms with E-state index >= 15 is 0 Å². The fourth-order valence-electron chi connectivity index (χ4n) is 5.16. The molecular formula is C32H32ClN3O2. The summed E-state index contributed by atoms with van der Waals surface area (Å²) < 4.78 is 0. The Hall–Kier alpha value is -3.67. The van der Waals surface area contributed by atoms with Gasteiger partial charge in [-0.2, -0.15) is 0 Å². The molecule has 194 valence electrons. The maximum absolute atomic E-state index is 13.8. The smallest absolute Gasteiger partial charge is 0.246 e. The van der Waals surface area contributed by atoms with Gasteiger partial charge >= 0.3 is 0 Å². The maximum atomic E-state index is 13.8. The molecule has 3 N–H and O–H groups in total. The van der Waals surface area contributed by atoms with Crippen LogP contribution < -0.4 is 11.1 Å². The van der Waals surface area contributed by atoms with E-state index in [9.17, 15) is 9.59 Å². The van der Waals surface area contributed by atoms with Crippen LogP contribution in [0.2, 0.25) is 5.02 Å². The zero-order valence-electron chi connectivity index (χ0n) is 21.3. The van der Waals surface area contributed by atoms with E-state index in [0.717, 1.165) is 45.9 Å². The summed E-state index contributed by atoms with van der Waals surface area (Å²) in [5.74, 6) is -0.137. The molecule has 0 aromatic heterocycles. The van der Waals surface area contributed by atoms with Gasteiger partial charge in [0.1, 0.15) is 12.1 Å². The highest BCUT2D eigenvalue weighted by Gasteiger charge is 2.40. The number of nitrogens with one attached hydrogen (secondary N) is 1. The van der Waals surface area contributed by atoms with Crippen LogP contribution in [0.25, 0.3) is 21.9 Å². The van der Waals surface area contributed by atoms with Crippen molar-refractivity contribution in [1.82, 2.24) is 10.2 Å². The van der Waals surface area contributed by atoms with E-state index in [2.05, 4.69) is 29.6 Å². The molecule has 6 heteroatoms. The summed E-state index contributed by atoms with van der Waals surface area (Å²) in [6, 6.07) is 29.1. The largest absolute Gasteiger partial charge is 0.342 e. The first-order valence-corrected chi connectivity index (χ1v) is 13.5. The Bertz CT molecular complexity index is 1420. The lowest BCUT2D eigenvalue weighted by Gasteiger charge is -2.39. The quantitative estimate of drug-likeness (QED) is 0.274. The molecule has 38 heavy (non-hydrogen) atoms. The first-order chi connectivity index (χ1) is 18.5. The van der Waals surface area contributed by atoms with Crippen molar-refractivity contribution >= 4 is 34.2 Å². The predicted molar refractivity (Wildman–Crippen MR) is 154 cm³/mol. The van der Waals surface area contributed by atoms with Gasteiger partial charge in [0, 0.05) is 18.0 Å². The average Bonchev–Trinajstić information content (AvgIpc) is 2.94. The topological polar surface area (TPSA) is 75.4 Å². The Morgan fingerprint density at radius 3 is 2.16 bits per heavy atom. The minimum Gasteiger partial charge on any atom is -0.342 e. The molecule has 0 radical (unpaired) electrons. The van der Waals surface area contributed by atoms with Crippen molar-refractivity contribution in [2.45, 2.75) is 44.3 Å². The van der Waals surface area contributed by atoms with Crippen LogP contribution in [0.5, 0.6) is 0 Å². The van der Waals surface area contributed by atoms with Crippen LogP contribution in [0.1, 0.15) is 30.4 Å². The number of benzene rings is 4. The van der Waals surface area contributed by atoms with Gasteiger partial charge in [-0.3, -0.25) is 9.59 Å². The highest BCUT2D eigenvalue weighted by atomic mass is 35.5. The standard InChI is InChI=1S/C32H32ClN3O2/c33-28-16-14-26(15-17-28)25-11-8-22(9-12-25)21-36-30(7-3-4-18-34)31(37)35-29(32(36)38)20-23-10-13-24-5-1-2-6-27(24)19-23/h1-2,5-6,8-17,19,29-30H,3-4,7,18,20-21,34H2,(H,35,37)/t29-,30-/m0/s1. The zero-order valence-corrected chi connectivity index (χ0v) is 22.0. The molecule has 1 aliphatic heterocycles. The van der Waals surface area contributed by atoms with Crippen LogP contribution in [0.3, 0.4) is 0 Å². The van der Waals surface area contributed by atoms with Gasteiger partial charge in [0.25, 0.3) is 0 Å². The summed E-state index contributed by atoms with van der Waals surface area (Å²) in [6.45, 7) is 0.952. The molecule has 1 aliphatic rings. The van der Waals surface area contributed by atoms with Crippen LogP contribution in [-0.2, 0) is 22.6 Å². The van der Waals surface area contributed by atoms with E-state index in [-0.39, 0.29) is 11.8 Å². The van der Waals surface area contributed by atoms with Crippen molar-refractivity contribution in [2.75, 3.05) is 6.54 Å². The van der Waals surface area contributed by atoms with Crippen LogP contribution in [0.15, 0.2) is 91.0 Å². The van der Waals surface area contributed by atoms with Gasteiger partial charge in [-0.25, -0.2) is 0 Å². The first-order valence-electron chi connectivity index (χ1n) is 13.2. The fourth-order valence-corrected chi connectivity index (χ4v) is 5.29. The number of nitrogens with two attached hydrogens (primary N) is 1. The molecule has 2 amide bonds. The molecule has 5 nitrogen and oxygen atoms in total. The highest BCUT2D eigenvalue weighted by molar-refractivity contribution is 6.30. The Morgan fingerprint density at radius 2 is 1.45 bits per heavy atom. The van der Waals surface area contributed by atoms with Gasteiger partial charge in [0.2, 0.25) is 11.8 Å². The van der Waals surface area contributed by atoms with Crippen molar-refractivity contribution in [1.29, 1.82) is 0 Å². The third-order valence-corrected chi connectivity index (χ3v) is 7.50. The van der Waals surface area contributed by atoms with Gasteiger partial charge in [-0.1, -0.05) is 90.5 Å². The molecular weight excluding hydrogens is 494 g/mol. The first kappa shape index (κ1) is 26.0. The average molecular weight is 526 g/mol. The Morgan fingerprint density at radius 1 is 0.789 bits per heavy atom. The van der Waals surface area contributed by atoms with Crippen LogP contribution >= 0.6 is 11.6 Å². The van der Waals surface area contributed by atoms with Crippen LogP contribution in [0, 0.1) is 0 Å². The van der Waals surface area contributed by atoms with Crippen LogP contribution in [-0.4, -0.2) is 35.3 Å². The molecule has 1 fully saturated rings. The molecule has 4 aromatic rings. The lowest BCUT2D eigenvalue weighted by molar-refractivity contribution is -0.150. The van der Waals surface area contributed by atoms with E-state index in [1.54, 1.807) is 4.90 Å². The lowest BCUT2D eigenvalue weighted by atomic mass is 9.95. The summed E-state index contributed by atoms with van der Waals surface area (Å²) in [5.41, 5.74) is 9.85. The van der Waals surface area contributed by atoms with Crippen molar-refractivity contribution < 1.29 is 9.59 Å². The number of hydrogen-bond donors (Lipinski definition) is 2. The summed E-state index contributed by atoms with van der Waals surface area (Å²) >= 11 is 6.03. The highest BCUT2D eigenvalue weighted by Crippen LogP contribution is 2.25. The monoisotopic (exact) mass is 525 g/mol. The van der Waals surface area contributed by atoms with Gasteiger partial charge in [-0.15, -0.1) is 0 Å². The number of carbonyl (C=O) groups is 2. The minimum absolute atomic E-state index is 0.0442. The minimum atomic E-state index is -0.595. The van der Waals surface area contributed by atoms with Crippen LogP contribution in [0.4, 0.5) is 0 Å². The number of piperazine rings is 1. The van der Waals surface area contributed by atoms with E-state index < -0.39 is 12.1 Å². The Labute approximate surface area is 228 Å². The number of fused-ring (bicyclic) bond motifs is 1. The van der Waals surface area contributed by atoms with Gasteiger partial charge in [0.05, 0.1) is 0 Å². The number of carbonyl (C=O) groups excluding carboxylic acids is 2. The second-order valence-electron chi connectivity index (χ2n) is 9.92. The third kappa shape index (κ3) is 5.90. The normalized spacial score (nSPS) is 17.6. The number of hydrogen-bond acceptors (Lipinski definition) is 3. The summed E-state index contributed by atoms with van der Waals surface area (Å²) in [6.07, 6.45) is 2.67. The Balaban J connectivity index is 1.36. The van der Waals surface area contributed by atoms with E-state index in [1.807, 2.05) is 66.7 Å². The SMILES string of the molecule is NCCCC[C@H]1C(=O)N[C@@H](Cc2ccc3ccccc3c2)C(=O)N1Cc1ccc(-c2ccc(Cl)cc2)cc1. The molecule has 4 aromatic carbocycles. The summed E-state index contributed by atoms with van der Waals surface area (Å²) in [7, 11) is 0. The molecule has 2 atom stereocenters. The number of amides is 2. The third-order valence-electron chi connectivity index (χ3n) is 7.25. The van der Waals surface area contributed by atoms with Crippen molar-refractivity contribution in [3.63, 3.8) is 0 Å². The van der Waals surface area contributed by atoms with Gasteiger partial charge in [-0.05, 0) is 71.0 Å². The lowest BCUT2D eigenvalue weighted by Crippen LogP contribution is -2.63. The molecule has 0 aliphatic carbocycles. The fraction of sp³-hybridized carbons (Fsp3) is 0.250. The number of rotatable bonds is 9. The number of unbranched alkanes of at least 4 members (excludes halogenated alkanes) is 1. The molecule has 0 spiro atoms. The van der Waals surface area contributed by atoms with Gasteiger partial charge < -0.3 is 16.0 Å². The summed E-state index contributed by atoms with van der Waals surface area (Å²) in [4.78, 5) is 28.8. The molecule has 1 heterocycles. The van der Waals surface area contributed by atoms with Crippen molar-refractivity contribution in [3.8, 4) is 11.1 Å². The van der Waals surface area contributed by atoms with E-state index in [4.69, 9.17) is 17.3 Å². The Kier molecular flexibility index (Phi) is 8.06. The second kappa shape index (κ2) is 11.8.